The highest BCUT2D eigenvalue weighted by atomic mass is 28.2. The van der Waals surface area contributed by atoms with Crippen LogP contribution in [0.2, 0.25) is 0 Å². The molecule has 0 fully saturated rings. The first kappa shape index (κ1) is 2.58. The van der Waals surface area contributed by atoms with Gasteiger partial charge in [0.25, 0.3) is 0 Å². The van der Waals surface area contributed by atoms with E-state index in [1.807, 2.05) is 0 Å². The lowest BCUT2D eigenvalue weighted by atomic mass is 10.4. The van der Waals surface area contributed by atoms with Crippen LogP contribution in [0.5, 0.6) is 0 Å². The summed E-state index contributed by atoms with van der Waals surface area (Å²) in [7, 11) is -0.646. The van der Waals surface area contributed by atoms with Crippen LogP contribution in [0.3, 0.4) is 0 Å². The van der Waals surface area contributed by atoms with E-state index in [2.05, 4.69) is 0 Å². The predicted molar refractivity (Wildman–Crippen MR) is 57.9 cm³/mol. The summed E-state index contributed by atoms with van der Waals surface area (Å²) < 4.78 is 77.0. The second-order valence-electron chi connectivity index (χ2n) is 2.12. The molecule has 0 atom stereocenters. The molecular weight excluding hydrogens is 172 g/mol. The van der Waals surface area contributed by atoms with Gasteiger partial charge < -0.3 is 0 Å². The van der Waals surface area contributed by atoms with E-state index in [4.69, 9.17) is 13.7 Å². The Hall–Kier alpha value is -1.34. The molecule has 0 aliphatic rings. The Morgan fingerprint density at radius 2 is 1.08 bits per heavy atom. The third kappa shape index (κ3) is 2.29. The quantitative estimate of drug-likeness (QED) is 0.630. The summed E-state index contributed by atoms with van der Waals surface area (Å²) >= 11 is 0. The summed E-state index contributed by atoms with van der Waals surface area (Å²) in [4.78, 5) is 0. The van der Waals surface area contributed by atoms with Crippen LogP contribution in [0.25, 0.3) is 0 Å². The molecule has 2 radical (unpaired) electrons. The lowest BCUT2D eigenvalue weighted by Crippen LogP contribution is -2.26. The van der Waals surface area contributed by atoms with E-state index in [1.165, 1.54) is 0 Å². The summed E-state index contributed by atoms with van der Waals surface area (Å²) in [6, 6.07) is -4.84. The van der Waals surface area contributed by atoms with Gasteiger partial charge in [-0.2, -0.15) is 0 Å². The molecule has 0 N–H and O–H groups in total. The molecular formula is C12H10Si. The fraction of sp³-hybridized carbons (Fsp3) is 0. The summed E-state index contributed by atoms with van der Waals surface area (Å²) in [6.07, 6.45) is 0. The minimum absolute atomic E-state index is 0.0745. The zero-order valence-electron chi connectivity index (χ0n) is 16.5. The Morgan fingerprint density at radius 3 is 1.46 bits per heavy atom. The predicted octanol–water partition coefficient (Wildman–Crippen LogP) is 1.34. The molecule has 0 heterocycles. The minimum atomic E-state index is -0.646. The van der Waals surface area contributed by atoms with Crippen molar-refractivity contribution in [3.63, 3.8) is 0 Å². The van der Waals surface area contributed by atoms with E-state index in [0.717, 1.165) is 0 Å². The molecule has 62 valence electrons. The molecule has 2 aromatic carbocycles. The van der Waals surface area contributed by atoms with Crippen molar-refractivity contribution >= 4 is 19.9 Å². The van der Waals surface area contributed by atoms with Crippen molar-refractivity contribution in [1.82, 2.24) is 0 Å². The minimum Gasteiger partial charge on any atom is -0.0631 e. The molecule has 2 rings (SSSR count). The van der Waals surface area contributed by atoms with E-state index >= 15 is 0 Å². The highest BCUT2D eigenvalue weighted by Gasteiger charge is 1.94. The molecule has 0 bridgehead atoms. The Balaban J connectivity index is 2.71. The van der Waals surface area contributed by atoms with Gasteiger partial charge in [0.1, 0.15) is 9.52 Å². The molecule has 0 saturated carbocycles. The van der Waals surface area contributed by atoms with Crippen molar-refractivity contribution in [2.45, 2.75) is 0 Å². The number of benzene rings is 2. The van der Waals surface area contributed by atoms with Crippen LogP contribution < -0.4 is 10.4 Å². The third-order valence-electron chi connectivity index (χ3n) is 1.25. The van der Waals surface area contributed by atoms with E-state index in [0.29, 0.717) is 0 Å². The molecule has 0 aromatic heterocycles. The summed E-state index contributed by atoms with van der Waals surface area (Å²) in [6.45, 7) is 0. The van der Waals surface area contributed by atoms with Crippen LogP contribution in [0.4, 0.5) is 0 Å². The maximum absolute atomic E-state index is 7.86. The van der Waals surface area contributed by atoms with Crippen molar-refractivity contribution < 1.29 is 13.7 Å². The fourth-order valence-corrected chi connectivity index (χ4v) is 1.50. The fourth-order valence-electron chi connectivity index (χ4n) is 0.750. The first-order valence-electron chi connectivity index (χ1n) is 8.50. The smallest absolute Gasteiger partial charge is 0.0631 e. The van der Waals surface area contributed by atoms with Gasteiger partial charge in [-0.3, -0.25) is 0 Å². The van der Waals surface area contributed by atoms with Crippen LogP contribution in [-0.4, -0.2) is 9.52 Å². The van der Waals surface area contributed by atoms with Gasteiger partial charge in [0.2, 0.25) is 0 Å². The monoisotopic (exact) mass is 192 g/mol. The Labute approximate surface area is 95.1 Å². The first-order valence-corrected chi connectivity index (χ1v) is 4.50. The van der Waals surface area contributed by atoms with Crippen LogP contribution >= 0.6 is 0 Å². The van der Waals surface area contributed by atoms with Crippen molar-refractivity contribution in [2.75, 3.05) is 0 Å². The van der Waals surface area contributed by atoms with Gasteiger partial charge in [0, 0.05) is 0 Å². The maximum Gasteiger partial charge on any atom is 0.121 e. The molecule has 0 saturated heterocycles. The molecule has 2 aromatic rings. The number of rotatable bonds is 2. The molecule has 0 aliphatic carbocycles. The lowest BCUT2D eigenvalue weighted by molar-refractivity contribution is 1.75. The Bertz CT molecular complexity index is 691. The van der Waals surface area contributed by atoms with Gasteiger partial charge in [-0.25, -0.2) is 0 Å². The van der Waals surface area contributed by atoms with E-state index in [-0.39, 0.29) is 10.4 Å². The summed E-state index contributed by atoms with van der Waals surface area (Å²) in [5.74, 6) is 0. The van der Waals surface area contributed by atoms with Crippen LogP contribution in [0.15, 0.2) is 60.4 Å². The maximum atomic E-state index is 7.86. The summed E-state index contributed by atoms with van der Waals surface area (Å²) in [5.41, 5.74) is 0. The Kier molecular flexibility index (Phi) is 0.804. The van der Waals surface area contributed by atoms with Gasteiger partial charge in [-0.15, -0.1) is 0 Å². The largest absolute Gasteiger partial charge is 0.121 e. The molecule has 1 heteroatoms. The van der Waals surface area contributed by atoms with Gasteiger partial charge in [0.05, 0.1) is 13.7 Å². The standard InChI is InChI=1S/C12H10Si/c1-3-7-11(8-4-1)13-12-9-5-2-6-10-12/h1-10H/i1D,2D,3D,4D,5D,6D,7D,8D,9D,10D. The van der Waals surface area contributed by atoms with Gasteiger partial charge in [0.15, 0.2) is 0 Å². The molecule has 0 nitrogen and oxygen atoms in total. The van der Waals surface area contributed by atoms with Gasteiger partial charge in [-0.05, 0) is 0 Å². The zero-order chi connectivity index (χ0) is 17.6. The second kappa shape index (κ2) is 4.05. The van der Waals surface area contributed by atoms with Gasteiger partial charge in [-0.1, -0.05) is 70.8 Å². The molecule has 13 heavy (non-hydrogen) atoms. The van der Waals surface area contributed by atoms with Crippen LogP contribution in [0, 0.1) is 0 Å². The second-order valence-corrected chi connectivity index (χ2v) is 3.38. The number of hydrogen-bond donors (Lipinski definition) is 0. The SMILES string of the molecule is [2H]c1c([2H])c([2H])c([Si]c2c([2H])c([2H])c([2H])c([2H])c2[2H])c([2H])c1[2H]. The van der Waals surface area contributed by atoms with E-state index < -0.39 is 69.9 Å². The third-order valence-corrected chi connectivity index (χ3v) is 2.25. The van der Waals surface area contributed by atoms with Crippen LogP contribution in [-0.2, 0) is 0 Å². The van der Waals surface area contributed by atoms with Crippen molar-refractivity contribution in [1.29, 1.82) is 0 Å². The zero-order valence-corrected chi connectivity index (χ0v) is 7.50. The normalized spacial score (nSPS) is 20.6. The lowest BCUT2D eigenvalue weighted by Gasteiger charge is -1.98. The van der Waals surface area contributed by atoms with Gasteiger partial charge >= 0.3 is 0 Å². The first-order chi connectivity index (χ1) is 10.6. The Morgan fingerprint density at radius 1 is 0.692 bits per heavy atom. The summed E-state index contributed by atoms with van der Waals surface area (Å²) in [5, 5.41) is -0.149. The molecule has 0 spiro atoms. The average Bonchev–Trinajstić information content (AvgIpc) is 2.54. The van der Waals surface area contributed by atoms with Crippen LogP contribution in [0.1, 0.15) is 13.7 Å². The topological polar surface area (TPSA) is 0 Å². The van der Waals surface area contributed by atoms with Crippen molar-refractivity contribution in [2.24, 2.45) is 0 Å². The average molecular weight is 192 g/mol. The van der Waals surface area contributed by atoms with E-state index in [9.17, 15) is 0 Å². The molecule has 0 aliphatic heterocycles. The highest BCUT2D eigenvalue weighted by molar-refractivity contribution is 6.67. The van der Waals surface area contributed by atoms with E-state index in [1.54, 1.807) is 0 Å². The number of hydrogen-bond acceptors (Lipinski definition) is 0. The highest BCUT2D eigenvalue weighted by Crippen LogP contribution is 1.84. The molecule has 0 amide bonds. The van der Waals surface area contributed by atoms with Crippen molar-refractivity contribution in [3.8, 4) is 0 Å². The van der Waals surface area contributed by atoms with Crippen molar-refractivity contribution in [3.05, 3.63) is 60.4 Å². The molecule has 0 unspecified atom stereocenters.